The third-order valence-corrected chi connectivity index (χ3v) is 3.68. The molecule has 4 nitrogen and oxygen atoms in total. The maximum absolute atomic E-state index is 12.1. The number of hydrogen-bond donors (Lipinski definition) is 0. The number of carbonyl (C=O) groups excluding carboxylic acids is 1. The first kappa shape index (κ1) is 15.0. The molecule has 3 rings (SSSR count). The zero-order valence-electron chi connectivity index (χ0n) is 13.5. The highest BCUT2D eigenvalue weighted by Crippen LogP contribution is 2.23. The highest BCUT2D eigenvalue weighted by Gasteiger charge is 2.09. The third-order valence-electron chi connectivity index (χ3n) is 3.68. The van der Waals surface area contributed by atoms with Gasteiger partial charge in [0.1, 0.15) is 0 Å². The molecular formula is C19H19N3O. The Balaban J connectivity index is 1.99. The van der Waals surface area contributed by atoms with Gasteiger partial charge >= 0.3 is 0 Å². The van der Waals surface area contributed by atoms with Crippen LogP contribution in [0.1, 0.15) is 16.1 Å². The quantitative estimate of drug-likeness (QED) is 0.742. The number of carbonyl (C=O) groups is 1. The lowest BCUT2D eigenvalue weighted by Crippen LogP contribution is -2.21. The topological polar surface area (TPSA) is 38.1 Å². The maximum Gasteiger partial charge on any atom is 0.253 e. The van der Waals surface area contributed by atoms with Crippen molar-refractivity contribution >= 4 is 5.91 Å². The number of benzene rings is 2. The van der Waals surface area contributed by atoms with Crippen molar-refractivity contribution in [3.05, 3.63) is 72.1 Å². The van der Waals surface area contributed by atoms with Crippen LogP contribution < -0.4 is 0 Å². The minimum atomic E-state index is 0.00528. The molecule has 4 heteroatoms. The summed E-state index contributed by atoms with van der Waals surface area (Å²) in [7, 11) is 3.52. The highest BCUT2D eigenvalue weighted by atomic mass is 16.2. The smallest absolute Gasteiger partial charge is 0.253 e. The zero-order valence-corrected chi connectivity index (χ0v) is 13.5. The molecule has 116 valence electrons. The molecule has 0 radical (unpaired) electrons. The second kappa shape index (κ2) is 6.08. The molecule has 0 fully saturated rings. The van der Waals surface area contributed by atoms with Crippen LogP contribution >= 0.6 is 0 Å². The van der Waals surface area contributed by atoms with Crippen molar-refractivity contribution in [2.75, 3.05) is 14.1 Å². The number of aromatic nitrogens is 2. The Morgan fingerprint density at radius 1 is 1.00 bits per heavy atom. The van der Waals surface area contributed by atoms with E-state index in [1.54, 1.807) is 19.0 Å². The van der Waals surface area contributed by atoms with E-state index < -0.39 is 0 Å². The summed E-state index contributed by atoms with van der Waals surface area (Å²) in [4.78, 5) is 13.7. The van der Waals surface area contributed by atoms with Gasteiger partial charge in [0, 0.05) is 25.9 Å². The van der Waals surface area contributed by atoms with E-state index >= 15 is 0 Å². The van der Waals surface area contributed by atoms with Crippen LogP contribution in [0.2, 0.25) is 0 Å². The van der Waals surface area contributed by atoms with Gasteiger partial charge in [0.05, 0.1) is 11.4 Å². The van der Waals surface area contributed by atoms with Crippen molar-refractivity contribution in [2.45, 2.75) is 6.92 Å². The van der Waals surface area contributed by atoms with Crippen LogP contribution in [-0.2, 0) is 0 Å². The fraction of sp³-hybridized carbons (Fsp3) is 0.158. The molecule has 2 aromatic carbocycles. The van der Waals surface area contributed by atoms with E-state index in [1.165, 1.54) is 0 Å². The predicted octanol–water partition coefficient (Wildman–Crippen LogP) is 3.55. The second-order valence-corrected chi connectivity index (χ2v) is 5.73. The van der Waals surface area contributed by atoms with E-state index in [2.05, 4.69) is 11.2 Å². The molecule has 0 saturated heterocycles. The lowest BCUT2D eigenvalue weighted by atomic mass is 10.0. The van der Waals surface area contributed by atoms with Crippen molar-refractivity contribution < 1.29 is 4.79 Å². The van der Waals surface area contributed by atoms with Gasteiger partial charge in [-0.15, -0.1) is 0 Å². The molecule has 1 heterocycles. The molecule has 0 bridgehead atoms. The Bertz CT molecular complexity index is 849. The largest absolute Gasteiger partial charge is 0.345 e. The second-order valence-electron chi connectivity index (χ2n) is 5.73. The predicted molar refractivity (Wildman–Crippen MR) is 91.8 cm³/mol. The molecule has 0 saturated carbocycles. The molecule has 0 atom stereocenters. The number of nitrogens with zero attached hydrogens (tertiary/aromatic N) is 3. The monoisotopic (exact) mass is 305 g/mol. The van der Waals surface area contributed by atoms with Gasteiger partial charge in [-0.2, -0.15) is 5.10 Å². The maximum atomic E-state index is 12.1. The van der Waals surface area contributed by atoms with Gasteiger partial charge in [-0.05, 0) is 48.4 Å². The molecule has 0 spiro atoms. The van der Waals surface area contributed by atoms with Crippen molar-refractivity contribution in [3.63, 3.8) is 0 Å². The fourth-order valence-electron chi connectivity index (χ4n) is 2.48. The van der Waals surface area contributed by atoms with Gasteiger partial charge in [0.25, 0.3) is 5.91 Å². The Morgan fingerprint density at radius 3 is 2.35 bits per heavy atom. The molecule has 1 amide bonds. The summed E-state index contributed by atoms with van der Waals surface area (Å²) in [6.07, 6.45) is 1.94. The van der Waals surface area contributed by atoms with Crippen molar-refractivity contribution in [1.29, 1.82) is 0 Å². The number of amides is 1. The minimum absolute atomic E-state index is 0.00528. The van der Waals surface area contributed by atoms with Gasteiger partial charge in [0.15, 0.2) is 0 Å². The Morgan fingerprint density at radius 2 is 1.70 bits per heavy atom. The summed E-state index contributed by atoms with van der Waals surface area (Å²) in [6, 6.07) is 17.8. The Hall–Kier alpha value is -2.88. The van der Waals surface area contributed by atoms with Gasteiger partial charge in [-0.25, -0.2) is 4.68 Å². The normalized spacial score (nSPS) is 10.6. The highest BCUT2D eigenvalue weighted by molar-refractivity contribution is 5.95. The van der Waals surface area contributed by atoms with Crippen LogP contribution in [0.4, 0.5) is 0 Å². The van der Waals surface area contributed by atoms with Crippen molar-refractivity contribution in [1.82, 2.24) is 14.7 Å². The van der Waals surface area contributed by atoms with Gasteiger partial charge < -0.3 is 4.90 Å². The van der Waals surface area contributed by atoms with E-state index in [0.717, 1.165) is 22.5 Å². The molecule has 0 unspecified atom stereocenters. The Labute approximate surface area is 136 Å². The van der Waals surface area contributed by atoms with Gasteiger partial charge in [-0.1, -0.05) is 24.3 Å². The molecule has 1 aromatic heterocycles. The van der Waals surface area contributed by atoms with E-state index in [0.29, 0.717) is 5.56 Å². The molecule has 23 heavy (non-hydrogen) atoms. The molecule has 0 aliphatic carbocycles. The molecular weight excluding hydrogens is 286 g/mol. The summed E-state index contributed by atoms with van der Waals surface area (Å²) >= 11 is 0. The van der Waals surface area contributed by atoms with E-state index in [1.807, 2.05) is 66.3 Å². The summed E-state index contributed by atoms with van der Waals surface area (Å²) in [5.41, 5.74) is 4.74. The Kier molecular flexibility index (Phi) is 3.98. The van der Waals surface area contributed by atoms with E-state index in [-0.39, 0.29) is 5.91 Å². The van der Waals surface area contributed by atoms with Crippen molar-refractivity contribution in [3.8, 4) is 16.8 Å². The van der Waals surface area contributed by atoms with Crippen LogP contribution in [0.25, 0.3) is 16.8 Å². The van der Waals surface area contributed by atoms with Crippen LogP contribution in [0.15, 0.2) is 60.8 Å². The molecule has 0 aliphatic rings. The van der Waals surface area contributed by atoms with Gasteiger partial charge in [0.2, 0.25) is 0 Å². The van der Waals surface area contributed by atoms with Crippen LogP contribution in [0, 0.1) is 6.92 Å². The minimum Gasteiger partial charge on any atom is -0.345 e. The summed E-state index contributed by atoms with van der Waals surface area (Å²) in [5, 5.41) is 4.44. The zero-order chi connectivity index (χ0) is 16.4. The van der Waals surface area contributed by atoms with Gasteiger partial charge in [-0.3, -0.25) is 4.79 Å². The summed E-state index contributed by atoms with van der Waals surface area (Å²) in [5.74, 6) is 0.00528. The van der Waals surface area contributed by atoms with E-state index in [4.69, 9.17) is 0 Å². The third kappa shape index (κ3) is 3.16. The van der Waals surface area contributed by atoms with Crippen LogP contribution in [0.5, 0.6) is 0 Å². The number of aryl methyl sites for hydroxylation is 1. The lowest BCUT2D eigenvalue weighted by molar-refractivity contribution is 0.0827. The van der Waals surface area contributed by atoms with Crippen LogP contribution in [-0.4, -0.2) is 34.7 Å². The standard InChI is InChI=1S/C19H19N3O/c1-14-10-11-22(20-14)18-9-5-7-16(13-18)15-6-4-8-17(12-15)19(23)21(2)3/h4-13H,1-3H3. The van der Waals surface area contributed by atoms with Crippen molar-refractivity contribution in [2.24, 2.45) is 0 Å². The molecule has 0 N–H and O–H groups in total. The first-order valence-corrected chi connectivity index (χ1v) is 7.49. The first-order valence-electron chi connectivity index (χ1n) is 7.49. The lowest BCUT2D eigenvalue weighted by Gasteiger charge is -2.12. The number of hydrogen-bond acceptors (Lipinski definition) is 2. The fourth-order valence-corrected chi connectivity index (χ4v) is 2.48. The molecule has 0 aliphatic heterocycles. The summed E-state index contributed by atoms with van der Waals surface area (Å²) in [6.45, 7) is 1.97. The molecule has 3 aromatic rings. The average molecular weight is 305 g/mol. The summed E-state index contributed by atoms with van der Waals surface area (Å²) < 4.78 is 1.85. The van der Waals surface area contributed by atoms with E-state index in [9.17, 15) is 4.79 Å². The number of rotatable bonds is 3. The van der Waals surface area contributed by atoms with Crippen LogP contribution in [0.3, 0.4) is 0 Å². The average Bonchev–Trinajstić information content (AvgIpc) is 3.01. The SMILES string of the molecule is Cc1ccn(-c2cccc(-c3cccc(C(=O)N(C)C)c3)c2)n1. The first-order chi connectivity index (χ1) is 11.0.